The predicted molar refractivity (Wildman–Crippen MR) is 122 cm³/mol. The van der Waals surface area contributed by atoms with Crippen LogP contribution in [0, 0.1) is 10.5 Å². The Morgan fingerprint density at radius 1 is 1.13 bits per heavy atom. The largest absolute Gasteiger partial charge is 0.416 e. The quantitative estimate of drug-likeness (QED) is 0.544. The van der Waals surface area contributed by atoms with Crippen LogP contribution in [-0.2, 0) is 12.7 Å². The maximum atomic E-state index is 14.0. The Morgan fingerprint density at radius 2 is 1.77 bits per heavy atom. The Kier molecular flexibility index (Phi) is 7.61. The van der Waals surface area contributed by atoms with Crippen molar-refractivity contribution in [2.45, 2.75) is 19.6 Å². The van der Waals surface area contributed by atoms with Gasteiger partial charge in [0.15, 0.2) is 0 Å². The van der Waals surface area contributed by atoms with Crippen molar-refractivity contribution in [2.75, 3.05) is 39.3 Å². The summed E-state index contributed by atoms with van der Waals surface area (Å²) in [6.45, 7) is 5.38. The molecule has 1 amide bonds. The van der Waals surface area contributed by atoms with E-state index in [1.54, 1.807) is 18.2 Å². The highest BCUT2D eigenvalue weighted by Crippen LogP contribution is 2.38. The van der Waals surface area contributed by atoms with Gasteiger partial charge in [0.2, 0.25) is 5.91 Å². The number of halogens is 4. The Balaban J connectivity index is 1.96. The molecule has 3 rings (SSSR count). The molecule has 0 atom stereocenters. The Morgan fingerprint density at radius 3 is 2.35 bits per heavy atom. The predicted octanol–water partition coefficient (Wildman–Crippen LogP) is 3.49. The van der Waals surface area contributed by atoms with E-state index < -0.39 is 17.6 Å². The van der Waals surface area contributed by atoms with Crippen molar-refractivity contribution in [3.63, 3.8) is 0 Å². The van der Waals surface area contributed by atoms with Gasteiger partial charge in [0, 0.05) is 54.0 Å². The fraction of sp³-hybridized carbons (Fsp3) is 0.409. The molecule has 1 fully saturated rings. The number of hydrogen-bond donors (Lipinski definition) is 2. The number of β-amino-alcohol motifs (C(OH)–C–C–N with tert-alkyl or cyclic N) is 1. The molecule has 0 unspecified atom stereocenters. The van der Waals surface area contributed by atoms with E-state index in [0.29, 0.717) is 47.4 Å². The zero-order valence-electron chi connectivity index (χ0n) is 17.2. The number of aliphatic hydroxyl groups excluding tert-OH is 1. The molecule has 1 heterocycles. The van der Waals surface area contributed by atoms with Gasteiger partial charge in [0.25, 0.3) is 0 Å². The number of carbonyl (C=O) groups is 1. The summed E-state index contributed by atoms with van der Waals surface area (Å²) in [6, 6.07) is 7.56. The van der Waals surface area contributed by atoms with Gasteiger partial charge in [-0.1, -0.05) is 18.2 Å². The van der Waals surface area contributed by atoms with E-state index in [-0.39, 0.29) is 24.3 Å². The van der Waals surface area contributed by atoms with Crippen LogP contribution < -0.4 is 5.73 Å². The maximum Gasteiger partial charge on any atom is 0.416 e. The van der Waals surface area contributed by atoms with Gasteiger partial charge in [0.1, 0.15) is 0 Å². The van der Waals surface area contributed by atoms with E-state index in [2.05, 4.69) is 4.90 Å². The van der Waals surface area contributed by atoms with Crippen molar-refractivity contribution in [2.24, 2.45) is 5.73 Å². The number of alkyl halides is 3. The van der Waals surface area contributed by atoms with Gasteiger partial charge in [-0.25, -0.2) is 0 Å². The lowest BCUT2D eigenvalue weighted by atomic mass is 9.93. The maximum absolute atomic E-state index is 14.0. The van der Waals surface area contributed by atoms with Crippen LogP contribution in [0.5, 0.6) is 0 Å². The van der Waals surface area contributed by atoms with Crippen molar-refractivity contribution < 1.29 is 23.1 Å². The number of carbonyl (C=O) groups excluding carboxylic acids is 1. The van der Waals surface area contributed by atoms with Gasteiger partial charge < -0.3 is 10.8 Å². The van der Waals surface area contributed by atoms with Crippen LogP contribution in [0.2, 0.25) is 0 Å². The third-order valence-corrected chi connectivity index (χ3v) is 6.97. The number of amides is 1. The fourth-order valence-electron chi connectivity index (χ4n) is 3.85. The molecule has 168 valence electrons. The molecule has 5 nitrogen and oxygen atoms in total. The molecule has 9 heteroatoms. The summed E-state index contributed by atoms with van der Waals surface area (Å²) in [5.41, 5.74) is 6.82. The molecule has 0 aromatic heterocycles. The number of rotatable bonds is 6. The zero-order chi connectivity index (χ0) is 22.8. The molecule has 2 aromatic rings. The first-order chi connectivity index (χ1) is 14.6. The SMILES string of the molecule is Cc1ccc(C(N)=O)c(-c2ccc(CN3CCN(CCO)CC3)c(C(F)(F)F)c2)c1I. The summed E-state index contributed by atoms with van der Waals surface area (Å²) in [4.78, 5) is 16.0. The molecule has 0 saturated carbocycles. The average molecular weight is 547 g/mol. The number of primary amides is 1. The number of aryl methyl sites for hydroxylation is 1. The van der Waals surface area contributed by atoms with E-state index in [4.69, 9.17) is 10.8 Å². The van der Waals surface area contributed by atoms with Crippen LogP contribution in [-0.4, -0.2) is 60.1 Å². The molecule has 1 aliphatic rings. The molecule has 31 heavy (non-hydrogen) atoms. The molecule has 1 aliphatic heterocycles. The van der Waals surface area contributed by atoms with Crippen molar-refractivity contribution in [1.29, 1.82) is 0 Å². The van der Waals surface area contributed by atoms with Crippen molar-refractivity contribution in [3.8, 4) is 11.1 Å². The lowest BCUT2D eigenvalue weighted by Crippen LogP contribution is -2.46. The Hall–Kier alpha value is -1.69. The monoisotopic (exact) mass is 547 g/mol. The second-order valence-corrected chi connectivity index (χ2v) is 8.77. The van der Waals surface area contributed by atoms with Gasteiger partial charge in [-0.3, -0.25) is 14.6 Å². The molecule has 0 aliphatic carbocycles. The van der Waals surface area contributed by atoms with E-state index in [9.17, 15) is 18.0 Å². The minimum absolute atomic E-state index is 0.0741. The van der Waals surface area contributed by atoms with E-state index in [1.165, 1.54) is 6.07 Å². The third-order valence-electron chi connectivity index (χ3n) is 5.58. The van der Waals surface area contributed by atoms with E-state index >= 15 is 0 Å². The summed E-state index contributed by atoms with van der Waals surface area (Å²) in [5.74, 6) is -0.675. The van der Waals surface area contributed by atoms with Crippen LogP contribution in [0.1, 0.15) is 27.0 Å². The first-order valence-electron chi connectivity index (χ1n) is 9.96. The molecular formula is C22H25F3IN3O2. The number of nitrogens with two attached hydrogens (primary N) is 1. The van der Waals surface area contributed by atoms with Gasteiger partial charge in [-0.05, 0) is 58.3 Å². The average Bonchev–Trinajstić information content (AvgIpc) is 2.71. The van der Waals surface area contributed by atoms with Crippen molar-refractivity contribution in [3.05, 3.63) is 56.2 Å². The number of hydrogen-bond acceptors (Lipinski definition) is 4. The lowest BCUT2D eigenvalue weighted by Gasteiger charge is -2.34. The summed E-state index contributed by atoms with van der Waals surface area (Å²) < 4.78 is 42.6. The molecule has 1 saturated heterocycles. The summed E-state index contributed by atoms with van der Waals surface area (Å²) in [5, 5.41) is 9.05. The second kappa shape index (κ2) is 9.85. The normalized spacial score (nSPS) is 15.9. The van der Waals surface area contributed by atoms with Gasteiger partial charge in [-0.15, -0.1) is 0 Å². The molecule has 0 radical (unpaired) electrons. The van der Waals surface area contributed by atoms with Crippen LogP contribution in [0.3, 0.4) is 0 Å². The van der Waals surface area contributed by atoms with Gasteiger partial charge in [-0.2, -0.15) is 13.2 Å². The molecule has 0 spiro atoms. The molecule has 2 aromatic carbocycles. The standard InChI is InChI=1S/C22H25F3IN3O2/c1-14-2-5-17(21(27)31)19(20(14)26)15-3-4-16(18(12-15)22(23,24)25)13-29-8-6-28(7-9-29)10-11-30/h2-5,12,30H,6-11,13H2,1H3,(H2,27,31). The number of nitrogens with zero attached hydrogens (tertiary/aromatic N) is 2. The van der Waals surface area contributed by atoms with E-state index in [0.717, 1.165) is 11.6 Å². The minimum Gasteiger partial charge on any atom is -0.395 e. The summed E-state index contributed by atoms with van der Waals surface area (Å²) >= 11 is 2.04. The minimum atomic E-state index is -4.52. The second-order valence-electron chi connectivity index (χ2n) is 7.69. The van der Waals surface area contributed by atoms with Crippen LogP contribution in [0.25, 0.3) is 11.1 Å². The van der Waals surface area contributed by atoms with Crippen LogP contribution >= 0.6 is 22.6 Å². The highest BCUT2D eigenvalue weighted by Gasteiger charge is 2.34. The van der Waals surface area contributed by atoms with E-state index in [1.807, 2.05) is 34.4 Å². The van der Waals surface area contributed by atoms with Gasteiger partial charge in [0.05, 0.1) is 12.2 Å². The zero-order valence-corrected chi connectivity index (χ0v) is 19.3. The smallest absolute Gasteiger partial charge is 0.395 e. The topological polar surface area (TPSA) is 69.8 Å². The highest BCUT2D eigenvalue weighted by atomic mass is 127. The summed E-state index contributed by atoms with van der Waals surface area (Å²) in [7, 11) is 0. The first-order valence-corrected chi connectivity index (χ1v) is 11.0. The summed E-state index contributed by atoms with van der Waals surface area (Å²) in [6.07, 6.45) is -4.52. The molecular weight excluding hydrogens is 522 g/mol. The van der Waals surface area contributed by atoms with Crippen molar-refractivity contribution >= 4 is 28.5 Å². The number of benzene rings is 2. The van der Waals surface area contributed by atoms with Crippen LogP contribution in [0.15, 0.2) is 30.3 Å². The Bertz CT molecular complexity index is 958. The lowest BCUT2D eigenvalue weighted by molar-refractivity contribution is -0.138. The van der Waals surface area contributed by atoms with Gasteiger partial charge >= 0.3 is 6.18 Å². The highest BCUT2D eigenvalue weighted by molar-refractivity contribution is 14.1. The van der Waals surface area contributed by atoms with Crippen LogP contribution in [0.4, 0.5) is 13.2 Å². The Labute approximate surface area is 193 Å². The third kappa shape index (κ3) is 5.57. The number of piperazine rings is 1. The molecule has 3 N–H and O–H groups in total. The number of aliphatic hydroxyl groups is 1. The van der Waals surface area contributed by atoms with Crippen molar-refractivity contribution in [1.82, 2.24) is 9.80 Å². The first kappa shape index (κ1) is 24.0. The molecule has 0 bridgehead atoms. The fourth-order valence-corrected chi connectivity index (χ4v) is 4.64.